The molecule has 0 aliphatic rings. The van der Waals surface area contributed by atoms with Crippen LogP contribution in [0.3, 0.4) is 0 Å². The predicted octanol–water partition coefficient (Wildman–Crippen LogP) is 4.62. The van der Waals surface area contributed by atoms with Crippen LogP contribution >= 0.6 is 0 Å². The Bertz CT molecular complexity index is 1320. The highest BCUT2D eigenvalue weighted by atomic mass is 32.2. The predicted molar refractivity (Wildman–Crippen MR) is 129 cm³/mol. The molecule has 1 amide bonds. The molecule has 3 rings (SSSR count). The van der Waals surface area contributed by atoms with Crippen LogP contribution in [0, 0.1) is 20.8 Å². The fourth-order valence-corrected chi connectivity index (χ4v) is 4.41. The number of methoxy groups -OCH3 is 1. The lowest BCUT2D eigenvalue weighted by molar-refractivity contribution is 0.0978. The van der Waals surface area contributed by atoms with Crippen molar-refractivity contribution >= 4 is 15.9 Å². The minimum absolute atomic E-state index is 0.00280. The number of nitrogens with one attached hydrogen (secondary N) is 1. The highest BCUT2D eigenvalue weighted by Crippen LogP contribution is 2.33. The minimum atomic E-state index is -4.19. The van der Waals surface area contributed by atoms with E-state index in [1.165, 1.54) is 31.5 Å². The van der Waals surface area contributed by atoms with E-state index in [-0.39, 0.29) is 27.6 Å². The number of aryl methyl sites for hydroxylation is 3. The van der Waals surface area contributed by atoms with E-state index < -0.39 is 15.9 Å². The number of pyridine rings is 2. The maximum Gasteiger partial charge on any atom is 0.270 e. The SMILES string of the molecule is COc1cc(S(=O)(=O)NC(=O)c2ccc(C(C)(C)C)nc2Oc2c(C)cc(C)cc2C)ccn1. The van der Waals surface area contributed by atoms with Gasteiger partial charge < -0.3 is 9.47 Å². The maximum atomic E-state index is 13.1. The normalized spacial score (nSPS) is 11.7. The molecule has 0 saturated carbocycles. The second-order valence-electron chi connectivity index (χ2n) is 9.10. The molecule has 1 N–H and O–H groups in total. The molecule has 0 bridgehead atoms. The van der Waals surface area contributed by atoms with Crippen LogP contribution in [0.5, 0.6) is 17.5 Å². The summed E-state index contributed by atoms with van der Waals surface area (Å²) in [6.07, 6.45) is 1.29. The van der Waals surface area contributed by atoms with Crippen molar-refractivity contribution in [1.82, 2.24) is 14.7 Å². The molecule has 0 radical (unpaired) electrons. The Balaban J connectivity index is 2.04. The van der Waals surface area contributed by atoms with E-state index in [4.69, 9.17) is 9.47 Å². The van der Waals surface area contributed by atoms with Gasteiger partial charge in [0.15, 0.2) is 0 Å². The van der Waals surface area contributed by atoms with Gasteiger partial charge in [-0.2, -0.15) is 0 Å². The monoisotopic (exact) mass is 483 g/mol. The molecule has 0 atom stereocenters. The van der Waals surface area contributed by atoms with E-state index in [0.717, 1.165) is 16.7 Å². The second kappa shape index (κ2) is 9.42. The fourth-order valence-electron chi connectivity index (χ4n) is 3.44. The first-order valence-corrected chi connectivity index (χ1v) is 12.1. The number of hydrogen-bond acceptors (Lipinski definition) is 7. The molecule has 0 aliphatic heterocycles. The summed E-state index contributed by atoms with van der Waals surface area (Å²) < 4.78 is 38.9. The maximum absolute atomic E-state index is 13.1. The Morgan fingerprint density at radius 3 is 2.24 bits per heavy atom. The standard InChI is InChI=1S/C25H29N3O5S/c1-15-12-16(2)22(17(3)13-15)33-24-19(8-9-20(27-24)25(4,5)6)23(29)28-34(30,31)18-10-11-26-21(14-18)32-7/h8-14H,1-7H3,(H,28,29). The van der Waals surface area contributed by atoms with E-state index in [1.54, 1.807) is 6.07 Å². The number of carbonyl (C=O) groups is 1. The Morgan fingerprint density at radius 1 is 1.00 bits per heavy atom. The van der Waals surface area contributed by atoms with E-state index in [1.807, 2.05) is 53.7 Å². The van der Waals surface area contributed by atoms with Crippen LogP contribution in [0.15, 0.2) is 47.5 Å². The van der Waals surface area contributed by atoms with Crippen LogP contribution in [0.4, 0.5) is 0 Å². The van der Waals surface area contributed by atoms with Gasteiger partial charge in [-0.15, -0.1) is 0 Å². The van der Waals surface area contributed by atoms with Crippen molar-refractivity contribution in [2.24, 2.45) is 0 Å². The zero-order valence-corrected chi connectivity index (χ0v) is 21.2. The van der Waals surface area contributed by atoms with E-state index in [2.05, 4.69) is 14.7 Å². The van der Waals surface area contributed by atoms with Gasteiger partial charge in [-0.3, -0.25) is 4.79 Å². The van der Waals surface area contributed by atoms with E-state index in [9.17, 15) is 13.2 Å². The molecule has 9 heteroatoms. The van der Waals surface area contributed by atoms with Crippen molar-refractivity contribution in [2.75, 3.05) is 7.11 Å². The molecule has 8 nitrogen and oxygen atoms in total. The lowest BCUT2D eigenvalue weighted by Gasteiger charge is -2.21. The first-order chi connectivity index (χ1) is 15.8. The summed E-state index contributed by atoms with van der Waals surface area (Å²) in [5.74, 6) is -0.149. The summed E-state index contributed by atoms with van der Waals surface area (Å²) in [7, 11) is -2.82. The lowest BCUT2D eigenvalue weighted by Crippen LogP contribution is -2.31. The van der Waals surface area contributed by atoms with Gasteiger partial charge in [-0.1, -0.05) is 38.5 Å². The quantitative estimate of drug-likeness (QED) is 0.545. The number of hydrogen-bond donors (Lipinski definition) is 1. The summed E-state index contributed by atoms with van der Waals surface area (Å²) >= 11 is 0. The molecule has 2 aromatic heterocycles. The summed E-state index contributed by atoms with van der Waals surface area (Å²) in [4.78, 5) is 21.5. The number of aromatic nitrogens is 2. The van der Waals surface area contributed by atoms with Crippen LogP contribution in [0.25, 0.3) is 0 Å². The second-order valence-corrected chi connectivity index (χ2v) is 10.8. The molecule has 1 aromatic carbocycles. The third kappa shape index (κ3) is 5.53. The lowest BCUT2D eigenvalue weighted by atomic mass is 9.91. The number of carbonyl (C=O) groups excluding carboxylic acids is 1. The number of benzene rings is 1. The van der Waals surface area contributed by atoms with Crippen LogP contribution < -0.4 is 14.2 Å². The highest BCUT2D eigenvalue weighted by Gasteiger charge is 2.26. The molecular weight excluding hydrogens is 454 g/mol. The molecule has 180 valence electrons. The van der Waals surface area contributed by atoms with Crippen molar-refractivity contribution in [1.29, 1.82) is 0 Å². The Labute approximate surface area is 200 Å². The van der Waals surface area contributed by atoms with Gasteiger partial charge in [0.1, 0.15) is 11.3 Å². The van der Waals surface area contributed by atoms with E-state index in [0.29, 0.717) is 11.4 Å². The van der Waals surface area contributed by atoms with E-state index >= 15 is 0 Å². The average Bonchev–Trinajstić information content (AvgIpc) is 2.75. The van der Waals surface area contributed by atoms with Gasteiger partial charge in [0.2, 0.25) is 11.8 Å². The fraction of sp³-hybridized carbons (Fsp3) is 0.320. The van der Waals surface area contributed by atoms with Crippen LogP contribution in [0.2, 0.25) is 0 Å². The summed E-state index contributed by atoms with van der Waals surface area (Å²) in [6, 6.07) is 9.66. The number of sulfonamides is 1. The number of amides is 1. The smallest absolute Gasteiger partial charge is 0.270 e. The van der Waals surface area contributed by atoms with Gasteiger partial charge in [0, 0.05) is 23.4 Å². The molecule has 3 aromatic rings. The van der Waals surface area contributed by atoms with Crippen molar-refractivity contribution in [3.63, 3.8) is 0 Å². The summed E-state index contributed by atoms with van der Waals surface area (Å²) in [5.41, 5.74) is 3.21. The largest absolute Gasteiger partial charge is 0.481 e. The van der Waals surface area contributed by atoms with Gasteiger partial charge in [0.25, 0.3) is 15.9 Å². The Kier molecular flexibility index (Phi) is 6.97. The van der Waals surface area contributed by atoms with Crippen LogP contribution in [0.1, 0.15) is 53.5 Å². The molecule has 0 unspecified atom stereocenters. The molecule has 34 heavy (non-hydrogen) atoms. The third-order valence-corrected chi connectivity index (χ3v) is 6.46. The summed E-state index contributed by atoms with van der Waals surface area (Å²) in [6.45, 7) is 11.8. The zero-order valence-electron chi connectivity index (χ0n) is 20.4. The summed E-state index contributed by atoms with van der Waals surface area (Å²) in [5, 5.41) is 0. The molecule has 0 fully saturated rings. The molecule has 0 aliphatic carbocycles. The first kappa shape index (κ1) is 25.2. The van der Waals surface area contributed by atoms with Crippen molar-refractivity contribution in [3.05, 3.63) is 70.5 Å². The topological polar surface area (TPSA) is 107 Å². The van der Waals surface area contributed by atoms with Gasteiger partial charge in [-0.05, 0) is 50.1 Å². The highest BCUT2D eigenvalue weighted by molar-refractivity contribution is 7.90. The van der Waals surface area contributed by atoms with Gasteiger partial charge >= 0.3 is 0 Å². The van der Waals surface area contributed by atoms with Gasteiger partial charge in [0.05, 0.1) is 12.0 Å². The Morgan fingerprint density at radius 2 is 1.65 bits per heavy atom. The third-order valence-electron chi connectivity index (χ3n) is 5.13. The van der Waals surface area contributed by atoms with Gasteiger partial charge in [-0.25, -0.2) is 23.1 Å². The average molecular weight is 484 g/mol. The number of ether oxygens (including phenoxy) is 2. The van der Waals surface area contributed by atoms with Crippen molar-refractivity contribution in [3.8, 4) is 17.5 Å². The van der Waals surface area contributed by atoms with Crippen LogP contribution in [-0.2, 0) is 15.4 Å². The van der Waals surface area contributed by atoms with Crippen LogP contribution in [-0.4, -0.2) is 31.4 Å². The Hall–Kier alpha value is -3.46. The zero-order chi connectivity index (χ0) is 25.3. The first-order valence-electron chi connectivity index (χ1n) is 10.7. The van der Waals surface area contributed by atoms with Crippen molar-refractivity contribution in [2.45, 2.75) is 51.9 Å². The van der Waals surface area contributed by atoms with Crippen molar-refractivity contribution < 1.29 is 22.7 Å². The number of nitrogens with zero attached hydrogens (tertiary/aromatic N) is 2. The minimum Gasteiger partial charge on any atom is -0.481 e. The molecule has 2 heterocycles. The molecular formula is C25H29N3O5S. The number of rotatable bonds is 6. The molecule has 0 saturated heterocycles. The molecule has 0 spiro atoms.